The highest BCUT2D eigenvalue weighted by molar-refractivity contribution is 5.75. The maximum absolute atomic E-state index is 13.2. The number of pyridine rings is 1. The number of fused-ring (bicyclic) bond motifs is 1. The van der Waals surface area contributed by atoms with Crippen molar-refractivity contribution in [1.29, 1.82) is 0 Å². The number of imidazole rings is 1. The Morgan fingerprint density at radius 1 is 1.26 bits per heavy atom. The fourth-order valence-electron chi connectivity index (χ4n) is 2.09. The fraction of sp³-hybridized carbons (Fsp3) is 0.0667. The van der Waals surface area contributed by atoms with Crippen molar-refractivity contribution in [3.8, 4) is 0 Å². The van der Waals surface area contributed by atoms with Crippen LogP contribution < -0.4 is 0 Å². The first-order valence-electron chi connectivity index (χ1n) is 5.92. The van der Waals surface area contributed by atoms with E-state index in [1.165, 1.54) is 12.1 Å². The molecule has 3 rings (SSSR count). The van der Waals surface area contributed by atoms with Crippen molar-refractivity contribution in [2.24, 2.45) is 0 Å². The van der Waals surface area contributed by atoms with Crippen LogP contribution in [0.3, 0.4) is 0 Å². The van der Waals surface area contributed by atoms with Crippen molar-refractivity contribution in [3.05, 3.63) is 71.6 Å². The lowest BCUT2D eigenvalue weighted by Gasteiger charge is -2.03. The molecule has 2 aromatic heterocycles. The van der Waals surface area contributed by atoms with Crippen LogP contribution in [-0.2, 0) is 6.42 Å². The summed E-state index contributed by atoms with van der Waals surface area (Å²) in [4.78, 5) is 15.1. The summed E-state index contributed by atoms with van der Waals surface area (Å²) in [7, 11) is 0. The predicted octanol–water partition coefficient (Wildman–Crippen LogP) is 2.88. The number of hydrogen-bond donors (Lipinski definition) is 0. The second-order valence-electron chi connectivity index (χ2n) is 4.36. The Kier molecular flexibility index (Phi) is 2.83. The van der Waals surface area contributed by atoms with Crippen LogP contribution in [0.25, 0.3) is 5.52 Å². The first-order chi connectivity index (χ1) is 9.26. The lowest BCUT2D eigenvalue weighted by molar-refractivity contribution is 0.112. The number of rotatable bonds is 3. The second-order valence-corrected chi connectivity index (χ2v) is 4.36. The van der Waals surface area contributed by atoms with Crippen LogP contribution in [0.4, 0.5) is 4.39 Å². The Balaban J connectivity index is 2.03. The number of halogens is 1. The minimum Gasteiger partial charge on any atom is -0.303 e. The highest BCUT2D eigenvalue weighted by atomic mass is 19.1. The summed E-state index contributed by atoms with van der Waals surface area (Å²) in [5, 5.41) is 0. The van der Waals surface area contributed by atoms with Crippen LogP contribution in [0.2, 0.25) is 0 Å². The van der Waals surface area contributed by atoms with Crippen LogP contribution in [-0.4, -0.2) is 15.7 Å². The molecule has 1 aromatic carbocycles. The van der Waals surface area contributed by atoms with E-state index in [4.69, 9.17) is 0 Å². The van der Waals surface area contributed by atoms with Gasteiger partial charge in [-0.3, -0.25) is 4.79 Å². The van der Waals surface area contributed by atoms with Gasteiger partial charge in [-0.25, -0.2) is 9.37 Å². The van der Waals surface area contributed by atoms with Crippen molar-refractivity contribution in [1.82, 2.24) is 9.38 Å². The zero-order valence-corrected chi connectivity index (χ0v) is 10.1. The Morgan fingerprint density at radius 2 is 2.16 bits per heavy atom. The number of benzene rings is 1. The van der Waals surface area contributed by atoms with E-state index in [-0.39, 0.29) is 5.82 Å². The van der Waals surface area contributed by atoms with Gasteiger partial charge in [0.05, 0.1) is 11.7 Å². The molecule has 2 heterocycles. The minimum absolute atomic E-state index is 0.257. The number of aromatic nitrogens is 2. The molecular weight excluding hydrogens is 243 g/mol. The van der Waals surface area contributed by atoms with Gasteiger partial charge in [0, 0.05) is 18.2 Å². The van der Waals surface area contributed by atoms with Gasteiger partial charge in [-0.1, -0.05) is 12.1 Å². The maximum atomic E-state index is 13.2. The lowest BCUT2D eigenvalue weighted by atomic mass is 10.1. The first kappa shape index (κ1) is 11.6. The van der Waals surface area contributed by atoms with Gasteiger partial charge in [-0.05, 0) is 29.8 Å². The Morgan fingerprint density at radius 3 is 2.95 bits per heavy atom. The topological polar surface area (TPSA) is 34.4 Å². The number of nitrogens with zero attached hydrogens (tertiary/aromatic N) is 2. The second kappa shape index (κ2) is 4.65. The molecule has 0 aliphatic heterocycles. The van der Waals surface area contributed by atoms with Crippen LogP contribution in [0.15, 0.2) is 48.8 Å². The van der Waals surface area contributed by atoms with Crippen LogP contribution in [0, 0.1) is 5.82 Å². The van der Waals surface area contributed by atoms with E-state index in [9.17, 15) is 9.18 Å². The summed E-state index contributed by atoms with van der Waals surface area (Å²) in [6, 6.07) is 10.0. The summed E-state index contributed by atoms with van der Waals surface area (Å²) in [5.74, 6) is 0.524. The van der Waals surface area contributed by atoms with Crippen LogP contribution in [0.5, 0.6) is 0 Å². The molecule has 0 spiro atoms. The van der Waals surface area contributed by atoms with Crippen molar-refractivity contribution < 1.29 is 9.18 Å². The first-order valence-corrected chi connectivity index (χ1v) is 5.92. The van der Waals surface area contributed by atoms with Gasteiger partial charge in [0.15, 0.2) is 6.29 Å². The average Bonchev–Trinajstić information content (AvgIpc) is 2.81. The number of aldehydes is 1. The monoisotopic (exact) mass is 254 g/mol. The van der Waals surface area contributed by atoms with Crippen LogP contribution in [0.1, 0.15) is 21.7 Å². The van der Waals surface area contributed by atoms with E-state index in [1.807, 2.05) is 16.5 Å². The highest BCUT2D eigenvalue weighted by Crippen LogP contribution is 2.13. The highest BCUT2D eigenvalue weighted by Gasteiger charge is 2.06. The Labute approximate surface area is 109 Å². The molecule has 0 N–H and O–H groups in total. The lowest BCUT2D eigenvalue weighted by Crippen LogP contribution is -1.98. The minimum atomic E-state index is -0.257. The molecule has 0 saturated carbocycles. The molecule has 4 heteroatoms. The molecule has 0 bridgehead atoms. The van der Waals surface area contributed by atoms with Gasteiger partial charge in [-0.15, -0.1) is 0 Å². The van der Waals surface area contributed by atoms with E-state index in [0.717, 1.165) is 23.2 Å². The molecule has 94 valence electrons. The van der Waals surface area contributed by atoms with Crippen molar-refractivity contribution in [3.63, 3.8) is 0 Å². The molecule has 0 saturated heterocycles. The number of carbonyl (C=O) groups excluding carboxylic acids is 1. The average molecular weight is 254 g/mol. The third kappa shape index (κ3) is 2.25. The SMILES string of the molecule is O=Cc1ccc2cnc(Cc3cccc(F)c3)n2c1. The van der Waals surface area contributed by atoms with Gasteiger partial charge in [0.25, 0.3) is 0 Å². The Bertz CT molecular complexity index is 749. The summed E-state index contributed by atoms with van der Waals surface area (Å²) in [6.07, 6.45) is 4.80. The van der Waals surface area contributed by atoms with Gasteiger partial charge >= 0.3 is 0 Å². The summed E-state index contributed by atoms with van der Waals surface area (Å²) >= 11 is 0. The fourth-order valence-corrected chi connectivity index (χ4v) is 2.09. The predicted molar refractivity (Wildman–Crippen MR) is 69.8 cm³/mol. The molecule has 0 atom stereocenters. The van der Waals surface area contributed by atoms with E-state index in [1.54, 1.807) is 24.5 Å². The molecular formula is C15H11FN2O. The number of carbonyl (C=O) groups is 1. The number of hydrogen-bond acceptors (Lipinski definition) is 2. The van der Waals surface area contributed by atoms with Crippen molar-refractivity contribution >= 4 is 11.8 Å². The molecule has 0 unspecified atom stereocenters. The molecule has 3 nitrogen and oxygen atoms in total. The molecule has 3 aromatic rings. The molecule has 0 aliphatic carbocycles. The van der Waals surface area contributed by atoms with Crippen LogP contribution >= 0.6 is 0 Å². The molecule has 19 heavy (non-hydrogen) atoms. The van der Waals surface area contributed by atoms with E-state index in [2.05, 4.69) is 4.98 Å². The quantitative estimate of drug-likeness (QED) is 0.673. The third-order valence-electron chi connectivity index (χ3n) is 3.01. The molecule has 0 amide bonds. The van der Waals surface area contributed by atoms with E-state index >= 15 is 0 Å². The zero-order chi connectivity index (χ0) is 13.2. The van der Waals surface area contributed by atoms with Gasteiger partial charge in [-0.2, -0.15) is 0 Å². The van der Waals surface area contributed by atoms with Gasteiger partial charge < -0.3 is 4.40 Å². The smallest absolute Gasteiger partial charge is 0.151 e. The van der Waals surface area contributed by atoms with Gasteiger partial charge in [0.1, 0.15) is 11.6 Å². The summed E-state index contributed by atoms with van der Waals surface area (Å²) < 4.78 is 15.0. The van der Waals surface area contributed by atoms with Crippen molar-refractivity contribution in [2.45, 2.75) is 6.42 Å². The normalized spacial score (nSPS) is 10.8. The summed E-state index contributed by atoms with van der Waals surface area (Å²) in [5.41, 5.74) is 2.35. The van der Waals surface area contributed by atoms with Crippen molar-refractivity contribution in [2.75, 3.05) is 0 Å². The molecule has 0 aliphatic rings. The summed E-state index contributed by atoms with van der Waals surface area (Å²) in [6.45, 7) is 0. The Hall–Kier alpha value is -2.49. The largest absolute Gasteiger partial charge is 0.303 e. The van der Waals surface area contributed by atoms with E-state index < -0.39 is 0 Å². The van der Waals surface area contributed by atoms with E-state index in [0.29, 0.717) is 12.0 Å². The zero-order valence-electron chi connectivity index (χ0n) is 10.1. The molecule has 0 radical (unpaired) electrons. The standard InChI is InChI=1S/C15H11FN2O/c16-13-3-1-2-11(6-13)7-15-17-8-14-5-4-12(10-19)9-18(14)15/h1-6,8-10H,7H2. The van der Waals surface area contributed by atoms with Gasteiger partial charge in [0.2, 0.25) is 0 Å². The maximum Gasteiger partial charge on any atom is 0.151 e. The third-order valence-corrected chi connectivity index (χ3v) is 3.01. The molecule has 0 fully saturated rings.